The van der Waals surface area contributed by atoms with Crippen LogP contribution in [0.25, 0.3) is 21.3 Å². The largest absolute Gasteiger partial charge is 0.506 e. The standard InChI is InChI=1S/C16H12N2O2S/c1-8-3-9(2)5-10(4-8)12-7-21-16-13(12)14(19)11(6-17)15(20)18-16/h3-5,7H,1-2H3,(H2,18,19,20). The van der Waals surface area contributed by atoms with Crippen molar-refractivity contribution in [3.63, 3.8) is 0 Å². The minimum absolute atomic E-state index is 0.244. The lowest BCUT2D eigenvalue weighted by Crippen LogP contribution is -2.09. The van der Waals surface area contributed by atoms with Crippen LogP contribution in [0, 0.1) is 25.2 Å². The van der Waals surface area contributed by atoms with Crippen molar-refractivity contribution in [1.82, 2.24) is 4.98 Å². The number of aromatic nitrogens is 1. The Morgan fingerprint density at radius 1 is 1.24 bits per heavy atom. The summed E-state index contributed by atoms with van der Waals surface area (Å²) in [5.74, 6) is -0.244. The monoisotopic (exact) mass is 296 g/mol. The number of fused-ring (bicyclic) bond motifs is 1. The zero-order valence-electron chi connectivity index (χ0n) is 11.5. The van der Waals surface area contributed by atoms with Gasteiger partial charge in [-0.15, -0.1) is 11.3 Å². The molecule has 104 valence electrons. The molecule has 2 N–H and O–H groups in total. The van der Waals surface area contributed by atoms with Gasteiger partial charge < -0.3 is 10.1 Å². The van der Waals surface area contributed by atoms with Crippen LogP contribution in [0.2, 0.25) is 0 Å². The number of aryl methyl sites for hydroxylation is 2. The van der Waals surface area contributed by atoms with Crippen molar-refractivity contribution in [2.75, 3.05) is 0 Å². The van der Waals surface area contributed by atoms with Gasteiger partial charge in [-0.1, -0.05) is 29.3 Å². The van der Waals surface area contributed by atoms with E-state index in [1.54, 1.807) is 6.07 Å². The SMILES string of the molecule is Cc1cc(C)cc(-c2csc3[nH]c(=O)c(C#N)c(O)c23)c1. The third kappa shape index (κ3) is 2.10. The Kier molecular flexibility index (Phi) is 3.04. The number of rotatable bonds is 1. The molecule has 2 aromatic heterocycles. The first kappa shape index (κ1) is 13.4. The third-order valence-electron chi connectivity index (χ3n) is 3.36. The molecule has 5 heteroatoms. The molecule has 0 saturated heterocycles. The first-order valence-electron chi connectivity index (χ1n) is 6.36. The van der Waals surface area contributed by atoms with Crippen LogP contribution in [-0.2, 0) is 0 Å². The summed E-state index contributed by atoms with van der Waals surface area (Å²) in [5, 5.41) is 21.7. The van der Waals surface area contributed by atoms with Gasteiger partial charge in [0.2, 0.25) is 0 Å². The van der Waals surface area contributed by atoms with Gasteiger partial charge in [-0.05, 0) is 19.4 Å². The number of nitriles is 1. The van der Waals surface area contributed by atoms with E-state index in [9.17, 15) is 9.90 Å². The molecule has 0 aliphatic heterocycles. The molecular weight excluding hydrogens is 284 g/mol. The fourth-order valence-electron chi connectivity index (χ4n) is 2.53. The highest BCUT2D eigenvalue weighted by atomic mass is 32.1. The first-order valence-corrected chi connectivity index (χ1v) is 7.24. The molecule has 0 saturated carbocycles. The topological polar surface area (TPSA) is 76.9 Å². The number of nitrogens with one attached hydrogen (secondary N) is 1. The zero-order chi connectivity index (χ0) is 15.1. The molecule has 2 heterocycles. The van der Waals surface area contributed by atoms with Crippen molar-refractivity contribution in [2.24, 2.45) is 0 Å². The van der Waals surface area contributed by atoms with Gasteiger partial charge in [0.25, 0.3) is 5.56 Å². The quantitative estimate of drug-likeness (QED) is 0.722. The normalized spacial score (nSPS) is 10.7. The molecule has 3 rings (SSSR count). The Morgan fingerprint density at radius 2 is 1.90 bits per heavy atom. The third-order valence-corrected chi connectivity index (χ3v) is 4.26. The molecule has 0 amide bonds. The van der Waals surface area contributed by atoms with Crippen molar-refractivity contribution in [1.29, 1.82) is 5.26 Å². The maximum absolute atomic E-state index is 11.7. The van der Waals surface area contributed by atoms with Crippen LogP contribution in [-0.4, -0.2) is 10.1 Å². The van der Waals surface area contributed by atoms with Crippen LogP contribution in [0.4, 0.5) is 0 Å². The number of aromatic amines is 1. The van der Waals surface area contributed by atoms with Gasteiger partial charge in [-0.3, -0.25) is 4.79 Å². The molecular formula is C16H12N2O2S. The lowest BCUT2D eigenvalue weighted by Gasteiger charge is -2.06. The van der Waals surface area contributed by atoms with Gasteiger partial charge in [-0.25, -0.2) is 0 Å². The average molecular weight is 296 g/mol. The summed E-state index contributed by atoms with van der Waals surface area (Å²) in [7, 11) is 0. The number of thiophene rings is 1. The van der Waals surface area contributed by atoms with E-state index in [-0.39, 0.29) is 11.3 Å². The number of benzene rings is 1. The summed E-state index contributed by atoms with van der Waals surface area (Å²) in [4.78, 5) is 14.9. The molecule has 0 atom stereocenters. The number of H-pyrrole nitrogens is 1. The van der Waals surface area contributed by atoms with Crippen molar-refractivity contribution >= 4 is 21.6 Å². The second-order valence-electron chi connectivity index (χ2n) is 5.02. The van der Waals surface area contributed by atoms with Gasteiger partial charge in [0.1, 0.15) is 16.6 Å². The minimum atomic E-state index is -0.559. The summed E-state index contributed by atoms with van der Waals surface area (Å²) < 4.78 is 0. The van der Waals surface area contributed by atoms with Crippen molar-refractivity contribution in [2.45, 2.75) is 13.8 Å². The van der Waals surface area contributed by atoms with E-state index in [4.69, 9.17) is 5.26 Å². The minimum Gasteiger partial charge on any atom is -0.506 e. The molecule has 0 unspecified atom stereocenters. The molecule has 21 heavy (non-hydrogen) atoms. The van der Waals surface area contributed by atoms with Crippen molar-refractivity contribution < 1.29 is 5.11 Å². The van der Waals surface area contributed by atoms with Crippen LogP contribution in [0.15, 0.2) is 28.4 Å². The Morgan fingerprint density at radius 3 is 2.52 bits per heavy atom. The molecule has 0 spiro atoms. The maximum Gasteiger partial charge on any atom is 0.270 e. The van der Waals surface area contributed by atoms with Crippen molar-refractivity contribution in [3.05, 3.63) is 50.6 Å². The van der Waals surface area contributed by atoms with E-state index in [0.717, 1.165) is 22.3 Å². The Hall–Kier alpha value is -2.58. The van der Waals surface area contributed by atoms with Gasteiger partial charge in [0.05, 0.1) is 5.39 Å². The van der Waals surface area contributed by atoms with E-state index in [1.165, 1.54) is 11.3 Å². The molecule has 0 fully saturated rings. The molecule has 4 nitrogen and oxygen atoms in total. The van der Waals surface area contributed by atoms with Gasteiger partial charge in [-0.2, -0.15) is 5.26 Å². The average Bonchev–Trinajstić information content (AvgIpc) is 2.81. The van der Waals surface area contributed by atoms with Crippen molar-refractivity contribution in [3.8, 4) is 22.9 Å². The van der Waals surface area contributed by atoms with E-state index in [1.807, 2.05) is 31.4 Å². The second kappa shape index (κ2) is 4.76. The Balaban J connectivity index is 2.40. The van der Waals surface area contributed by atoms with E-state index in [0.29, 0.717) is 10.2 Å². The number of hydrogen-bond donors (Lipinski definition) is 2. The highest BCUT2D eigenvalue weighted by Gasteiger charge is 2.17. The molecule has 0 aliphatic carbocycles. The number of pyridine rings is 1. The molecule has 0 bridgehead atoms. The highest BCUT2D eigenvalue weighted by molar-refractivity contribution is 7.17. The van der Waals surface area contributed by atoms with Crippen LogP contribution in [0.1, 0.15) is 16.7 Å². The van der Waals surface area contributed by atoms with Gasteiger partial charge >= 0.3 is 0 Å². The van der Waals surface area contributed by atoms with E-state index >= 15 is 0 Å². The number of hydrogen-bond acceptors (Lipinski definition) is 4. The maximum atomic E-state index is 11.7. The summed E-state index contributed by atoms with van der Waals surface area (Å²) >= 11 is 1.34. The molecule has 3 aromatic rings. The predicted octanol–water partition coefficient (Wildman–Crippen LogP) is 3.45. The lowest BCUT2D eigenvalue weighted by atomic mass is 10.00. The zero-order valence-corrected chi connectivity index (χ0v) is 12.3. The summed E-state index contributed by atoms with van der Waals surface area (Å²) in [6.07, 6.45) is 0. The van der Waals surface area contributed by atoms with Crippen LogP contribution >= 0.6 is 11.3 Å². The molecule has 0 aliphatic rings. The smallest absolute Gasteiger partial charge is 0.270 e. The number of aromatic hydroxyl groups is 1. The van der Waals surface area contributed by atoms with Crippen LogP contribution < -0.4 is 5.56 Å². The Bertz CT molecular complexity index is 941. The fraction of sp³-hybridized carbons (Fsp3) is 0.125. The lowest BCUT2D eigenvalue weighted by molar-refractivity contribution is 0.479. The van der Waals surface area contributed by atoms with Gasteiger partial charge in [0, 0.05) is 10.9 Å². The molecule has 1 aromatic carbocycles. The number of nitrogens with zero attached hydrogens (tertiary/aromatic N) is 1. The van der Waals surface area contributed by atoms with Crippen LogP contribution in [0.3, 0.4) is 0 Å². The summed E-state index contributed by atoms with van der Waals surface area (Å²) in [5.41, 5.74) is 3.22. The van der Waals surface area contributed by atoms with Gasteiger partial charge in [0.15, 0.2) is 5.56 Å². The predicted molar refractivity (Wildman–Crippen MR) is 83.7 cm³/mol. The summed E-state index contributed by atoms with van der Waals surface area (Å²) in [6.45, 7) is 4.01. The van der Waals surface area contributed by atoms with E-state index < -0.39 is 5.56 Å². The summed E-state index contributed by atoms with van der Waals surface area (Å²) in [6, 6.07) is 7.87. The highest BCUT2D eigenvalue weighted by Crippen LogP contribution is 2.39. The van der Waals surface area contributed by atoms with Crippen LogP contribution in [0.5, 0.6) is 5.75 Å². The first-order chi connectivity index (χ1) is 10.0. The second-order valence-corrected chi connectivity index (χ2v) is 5.90. The fourth-order valence-corrected chi connectivity index (χ4v) is 3.50. The van der Waals surface area contributed by atoms with E-state index in [2.05, 4.69) is 11.1 Å². The molecule has 0 radical (unpaired) electrons. The Labute approximate surface area is 124 Å².